The van der Waals surface area contributed by atoms with Crippen LogP contribution in [0.2, 0.25) is 0 Å². The molecule has 0 unspecified atom stereocenters. The van der Waals surface area contributed by atoms with Crippen LogP contribution in [0.15, 0.2) is 54.2 Å². The highest BCUT2D eigenvalue weighted by atomic mass is 32.3. The fourth-order valence-electron chi connectivity index (χ4n) is 6.00. The molecule has 214 valence electrons. The van der Waals surface area contributed by atoms with E-state index in [1.54, 1.807) is 29.1 Å². The molecule has 0 radical (unpaired) electrons. The van der Waals surface area contributed by atoms with Gasteiger partial charge in [-0.25, -0.2) is 35.0 Å². The first-order valence-electron chi connectivity index (χ1n) is 12.9. The summed E-state index contributed by atoms with van der Waals surface area (Å²) >= 11 is 0. The van der Waals surface area contributed by atoms with Gasteiger partial charge in [-0.3, -0.25) is 0 Å². The van der Waals surface area contributed by atoms with E-state index in [4.69, 9.17) is 0 Å². The van der Waals surface area contributed by atoms with Crippen molar-refractivity contribution in [2.45, 2.75) is 51.2 Å². The fourth-order valence-corrected chi connectivity index (χ4v) is 8.95. The van der Waals surface area contributed by atoms with E-state index < -0.39 is 48.3 Å². The molecular formula is C28H31F2N3O5S2. The summed E-state index contributed by atoms with van der Waals surface area (Å²) in [6.45, 7) is 1.63. The summed E-state index contributed by atoms with van der Waals surface area (Å²) in [4.78, 5) is 0. The standard InChI is InChI=1S/C28H31F2N3O5S2/c1-27-15-20-16-31-33(23-8-6-22(29)7-9-23)26(20)14-21(27)11-13-28(27,34)12-10-19-4-3-5-25(30)24(19)17-32-40(37,38)18-39(2,35)36/h3-9,14,16,32,34H,10-13,15,17-18H2,1-2H3/t27-,28-/m0/s1. The van der Waals surface area contributed by atoms with Crippen LogP contribution in [0, 0.1) is 17.0 Å². The van der Waals surface area contributed by atoms with Crippen molar-refractivity contribution in [3.63, 3.8) is 0 Å². The van der Waals surface area contributed by atoms with Gasteiger partial charge in [-0.05, 0) is 79.6 Å². The SMILES string of the molecule is C[C@]12Cc3cnn(-c4ccc(F)cc4)c3C=C1CC[C@@]2(O)CCc1cccc(F)c1CNS(=O)(=O)CS(C)(=O)=O. The summed E-state index contributed by atoms with van der Waals surface area (Å²) in [5.74, 6) is -0.940. The van der Waals surface area contributed by atoms with Crippen LogP contribution in [0.4, 0.5) is 8.78 Å². The maximum Gasteiger partial charge on any atom is 0.226 e. The number of rotatable bonds is 9. The zero-order valence-corrected chi connectivity index (χ0v) is 23.8. The van der Waals surface area contributed by atoms with Crippen LogP contribution >= 0.6 is 0 Å². The zero-order valence-electron chi connectivity index (χ0n) is 22.2. The summed E-state index contributed by atoms with van der Waals surface area (Å²) < 4.78 is 79.4. The lowest BCUT2D eigenvalue weighted by molar-refractivity contribution is -0.0462. The Morgan fingerprint density at radius 3 is 2.52 bits per heavy atom. The molecule has 2 aliphatic rings. The number of aryl methyl sites for hydroxylation is 1. The number of hydrogen-bond donors (Lipinski definition) is 2. The molecule has 2 N–H and O–H groups in total. The second-order valence-electron chi connectivity index (χ2n) is 11.0. The molecule has 1 aromatic heterocycles. The van der Waals surface area contributed by atoms with Crippen molar-refractivity contribution in [3.05, 3.63) is 88.3 Å². The average molecular weight is 592 g/mol. The molecule has 0 spiro atoms. The first-order valence-corrected chi connectivity index (χ1v) is 16.6. The molecule has 3 aromatic rings. The smallest absolute Gasteiger partial charge is 0.226 e. The predicted octanol–water partition coefficient (Wildman–Crippen LogP) is 3.68. The molecule has 1 saturated carbocycles. The Morgan fingerprint density at radius 2 is 1.82 bits per heavy atom. The van der Waals surface area contributed by atoms with Gasteiger partial charge in [0.15, 0.2) is 14.9 Å². The topological polar surface area (TPSA) is 118 Å². The Kier molecular flexibility index (Phi) is 7.26. The van der Waals surface area contributed by atoms with Crippen LogP contribution in [0.1, 0.15) is 48.6 Å². The van der Waals surface area contributed by atoms with Gasteiger partial charge in [-0.2, -0.15) is 5.10 Å². The van der Waals surface area contributed by atoms with Crippen molar-refractivity contribution >= 4 is 25.9 Å². The van der Waals surface area contributed by atoms with Gasteiger partial charge in [0.05, 0.1) is 23.2 Å². The van der Waals surface area contributed by atoms with Crippen molar-refractivity contribution in [1.29, 1.82) is 0 Å². The Morgan fingerprint density at radius 1 is 1.10 bits per heavy atom. The van der Waals surface area contributed by atoms with E-state index in [0.29, 0.717) is 37.7 Å². The van der Waals surface area contributed by atoms with Crippen molar-refractivity contribution in [2.75, 3.05) is 11.3 Å². The van der Waals surface area contributed by atoms with E-state index >= 15 is 0 Å². The molecule has 5 rings (SSSR count). The van der Waals surface area contributed by atoms with Gasteiger partial charge in [0.1, 0.15) is 11.6 Å². The molecule has 0 amide bonds. The quantitative estimate of drug-likeness (QED) is 0.392. The minimum Gasteiger partial charge on any atom is -0.389 e. The van der Waals surface area contributed by atoms with E-state index in [1.165, 1.54) is 24.3 Å². The highest BCUT2D eigenvalue weighted by molar-refractivity contribution is 8.06. The minimum atomic E-state index is -4.18. The van der Waals surface area contributed by atoms with Gasteiger partial charge in [-0.1, -0.05) is 24.6 Å². The summed E-state index contributed by atoms with van der Waals surface area (Å²) in [6, 6.07) is 10.5. The zero-order chi connectivity index (χ0) is 28.9. The highest BCUT2D eigenvalue weighted by Gasteiger charge is 2.54. The molecule has 2 aromatic carbocycles. The Hall–Kier alpha value is -2.93. The third-order valence-electron chi connectivity index (χ3n) is 8.22. The lowest BCUT2D eigenvalue weighted by atomic mass is 9.65. The number of nitrogens with one attached hydrogen (secondary N) is 1. The minimum absolute atomic E-state index is 0.119. The lowest BCUT2D eigenvalue weighted by Gasteiger charge is -2.42. The van der Waals surface area contributed by atoms with Crippen molar-refractivity contribution in [3.8, 4) is 5.69 Å². The first kappa shape index (κ1) is 28.6. The van der Waals surface area contributed by atoms with Crippen LogP contribution in [0.3, 0.4) is 0 Å². The van der Waals surface area contributed by atoms with Crippen LogP contribution in [-0.4, -0.2) is 48.7 Å². The van der Waals surface area contributed by atoms with E-state index in [0.717, 1.165) is 28.8 Å². The molecule has 0 aliphatic heterocycles. The normalized spacial score (nSPS) is 22.6. The third-order valence-corrected chi connectivity index (χ3v) is 11.8. The van der Waals surface area contributed by atoms with E-state index in [2.05, 4.69) is 15.9 Å². The molecule has 8 nitrogen and oxygen atoms in total. The molecule has 2 aliphatic carbocycles. The number of nitrogens with zero attached hydrogens (tertiary/aromatic N) is 2. The molecular weight excluding hydrogens is 560 g/mol. The van der Waals surface area contributed by atoms with Crippen LogP contribution in [0.25, 0.3) is 11.8 Å². The maximum absolute atomic E-state index is 14.8. The second-order valence-corrected chi connectivity index (χ2v) is 15.3. The van der Waals surface area contributed by atoms with Crippen molar-refractivity contribution in [1.82, 2.24) is 14.5 Å². The summed E-state index contributed by atoms with van der Waals surface area (Å²) in [6.07, 6.45) is 6.97. The highest BCUT2D eigenvalue weighted by Crippen LogP contribution is 2.56. The predicted molar refractivity (Wildman–Crippen MR) is 148 cm³/mol. The molecule has 1 fully saturated rings. The Balaban J connectivity index is 1.36. The Bertz CT molecular complexity index is 1700. The summed E-state index contributed by atoms with van der Waals surface area (Å²) in [5, 5.41) is 15.4. The van der Waals surface area contributed by atoms with E-state index in [-0.39, 0.29) is 11.4 Å². The number of benzene rings is 2. The molecule has 2 atom stereocenters. The van der Waals surface area contributed by atoms with Crippen molar-refractivity contribution in [2.24, 2.45) is 5.41 Å². The monoisotopic (exact) mass is 591 g/mol. The average Bonchev–Trinajstić information content (AvgIpc) is 3.37. The van der Waals surface area contributed by atoms with Crippen molar-refractivity contribution < 1.29 is 30.7 Å². The number of sulfone groups is 1. The van der Waals surface area contributed by atoms with Crippen LogP contribution in [-0.2, 0) is 39.2 Å². The van der Waals surface area contributed by atoms with Gasteiger partial charge in [-0.15, -0.1) is 0 Å². The first-order chi connectivity index (χ1) is 18.7. The van der Waals surface area contributed by atoms with Gasteiger partial charge in [0.25, 0.3) is 0 Å². The van der Waals surface area contributed by atoms with Crippen LogP contribution < -0.4 is 4.72 Å². The fraction of sp³-hybridized carbons (Fsp3) is 0.393. The number of aromatic nitrogens is 2. The molecule has 0 saturated heterocycles. The largest absolute Gasteiger partial charge is 0.389 e. The second kappa shape index (κ2) is 10.2. The number of halogens is 2. The number of aliphatic hydroxyl groups is 1. The third kappa shape index (κ3) is 5.50. The molecule has 0 bridgehead atoms. The van der Waals surface area contributed by atoms with Gasteiger partial charge in [0.2, 0.25) is 10.0 Å². The van der Waals surface area contributed by atoms with Gasteiger partial charge >= 0.3 is 0 Å². The van der Waals surface area contributed by atoms with Gasteiger partial charge in [0, 0.05) is 23.8 Å². The van der Waals surface area contributed by atoms with Crippen LogP contribution in [0.5, 0.6) is 0 Å². The number of hydrogen-bond acceptors (Lipinski definition) is 6. The molecule has 1 heterocycles. The summed E-state index contributed by atoms with van der Waals surface area (Å²) in [7, 11) is -7.97. The number of fused-ring (bicyclic) bond motifs is 2. The van der Waals surface area contributed by atoms with E-state index in [1.807, 2.05) is 6.92 Å². The van der Waals surface area contributed by atoms with E-state index in [9.17, 15) is 30.7 Å². The maximum atomic E-state index is 14.8. The van der Waals surface area contributed by atoms with Gasteiger partial charge < -0.3 is 5.11 Å². The number of sulfonamides is 1. The molecule has 40 heavy (non-hydrogen) atoms. The Labute approximate surface area is 232 Å². The summed E-state index contributed by atoms with van der Waals surface area (Å²) in [5.41, 5.74) is 2.65. The lowest BCUT2D eigenvalue weighted by Crippen LogP contribution is -2.45. The molecule has 12 heteroatoms.